The monoisotopic (exact) mass is 538 g/mol. The zero-order chi connectivity index (χ0) is 26.8. The second kappa shape index (κ2) is 13.3. The van der Waals surface area contributed by atoms with E-state index in [0.717, 1.165) is 24.9 Å². The summed E-state index contributed by atoms with van der Waals surface area (Å²) in [7, 11) is -4.85. The fraction of sp³-hybridized carbons (Fsp3) is 0.294. The Hall–Kier alpha value is -2.77. The summed E-state index contributed by atoms with van der Waals surface area (Å²) in [4.78, 5) is 0. The number of hydrogen-bond acceptors (Lipinski definition) is 2. The summed E-state index contributed by atoms with van der Waals surface area (Å²) in [6.07, 6.45) is 2.51. The van der Waals surface area contributed by atoms with E-state index in [2.05, 4.69) is 149 Å². The predicted octanol–water partition coefficient (Wildman–Crippen LogP) is 6.14. The van der Waals surface area contributed by atoms with E-state index in [1.807, 2.05) is 0 Å². The maximum atomic E-state index is 7.00. The van der Waals surface area contributed by atoms with Crippen LogP contribution in [0.25, 0.3) is 0 Å². The fourth-order valence-electron chi connectivity index (χ4n) is 5.68. The zero-order valence-electron chi connectivity index (χ0n) is 23.3. The van der Waals surface area contributed by atoms with Crippen molar-refractivity contribution < 1.29 is 8.85 Å². The summed E-state index contributed by atoms with van der Waals surface area (Å²) < 4.78 is 14.0. The molecule has 0 saturated heterocycles. The first-order valence-electron chi connectivity index (χ1n) is 14.0. The minimum absolute atomic E-state index is 0.161. The van der Waals surface area contributed by atoms with Crippen LogP contribution in [0.1, 0.15) is 40.5 Å². The molecule has 0 atom stereocenters. The van der Waals surface area contributed by atoms with Crippen LogP contribution >= 0.6 is 0 Å². The summed E-state index contributed by atoms with van der Waals surface area (Å²) in [6.45, 7) is 8.69. The van der Waals surface area contributed by atoms with Gasteiger partial charge in [-0.05, 0) is 60.5 Å². The minimum atomic E-state index is -2.42. The summed E-state index contributed by atoms with van der Waals surface area (Å²) in [5.41, 5.74) is 0. The van der Waals surface area contributed by atoms with E-state index in [4.69, 9.17) is 8.85 Å². The normalized spacial score (nSPS) is 12.3. The lowest BCUT2D eigenvalue weighted by Crippen LogP contribution is -2.62. The van der Waals surface area contributed by atoms with E-state index < -0.39 is 16.6 Å². The van der Waals surface area contributed by atoms with Gasteiger partial charge in [-0.1, -0.05) is 134 Å². The Morgan fingerprint density at radius 1 is 0.421 bits per heavy atom. The van der Waals surface area contributed by atoms with Gasteiger partial charge in [0.05, 0.1) is 0 Å². The predicted molar refractivity (Wildman–Crippen MR) is 167 cm³/mol. The molecule has 0 aliphatic carbocycles. The van der Waals surface area contributed by atoms with E-state index in [0.29, 0.717) is 0 Å². The highest BCUT2D eigenvalue weighted by molar-refractivity contribution is 6.98. The van der Waals surface area contributed by atoms with Crippen molar-refractivity contribution in [3.63, 3.8) is 0 Å². The molecule has 0 saturated carbocycles. The van der Waals surface area contributed by atoms with Crippen molar-refractivity contribution in [3.8, 4) is 0 Å². The van der Waals surface area contributed by atoms with E-state index in [-0.39, 0.29) is 12.2 Å². The molecule has 4 heteroatoms. The Labute approximate surface area is 231 Å². The number of unbranched alkanes of at least 4 members (excludes halogenated alkanes) is 1. The number of rotatable bonds is 13. The van der Waals surface area contributed by atoms with E-state index in [1.54, 1.807) is 0 Å². The molecular weight excluding hydrogens is 497 g/mol. The van der Waals surface area contributed by atoms with E-state index >= 15 is 0 Å². The van der Waals surface area contributed by atoms with Gasteiger partial charge in [0.1, 0.15) is 0 Å². The Morgan fingerprint density at radius 2 is 0.658 bits per heavy atom. The number of benzene rings is 4. The Morgan fingerprint density at radius 3 is 0.868 bits per heavy atom. The summed E-state index contributed by atoms with van der Waals surface area (Å²) in [6, 6.07) is 46.0. The van der Waals surface area contributed by atoms with Crippen LogP contribution in [-0.4, -0.2) is 28.8 Å². The standard InChI is InChI=1S/C34H42O2Si2/c1-29(2)35-37(31-19-9-5-10-20-31,32-21-11-6-12-22-32)27-17-18-28-38(36-30(3)4,33-23-13-7-14-24-33)34-25-15-8-16-26-34/h5-16,19-26,29-30H,17-18,27-28H2,1-4H3. The van der Waals surface area contributed by atoms with Crippen LogP contribution < -0.4 is 20.7 Å². The molecule has 0 heterocycles. The van der Waals surface area contributed by atoms with Crippen LogP contribution in [0, 0.1) is 0 Å². The molecule has 0 aliphatic rings. The molecule has 0 fully saturated rings. The van der Waals surface area contributed by atoms with Crippen LogP contribution in [0.15, 0.2) is 121 Å². The van der Waals surface area contributed by atoms with Gasteiger partial charge in [0.25, 0.3) is 16.6 Å². The van der Waals surface area contributed by atoms with Crippen molar-refractivity contribution in [2.75, 3.05) is 0 Å². The summed E-state index contributed by atoms with van der Waals surface area (Å²) in [5.74, 6) is 0. The quantitative estimate of drug-likeness (QED) is 0.150. The average Bonchev–Trinajstić information content (AvgIpc) is 2.95. The van der Waals surface area contributed by atoms with Gasteiger partial charge in [0, 0.05) is 12.2 Å². The van der Waals surface area contributed by atoms with Crippen molar-refractivity contribution in [1.29, 1.82) is 0 Å². The highest BCUT2D eigenvalue weighted by atomic mass is 28.4. The third kappa shape index (κ3) is 6.62. The van der Waals surface area contributed by atoms with Gasteiger partial charge in [0.2, 0.25) is 0 Å². The van der Waals surface area contributed by atoms with Gasteiger partial charge in [-0.15, -0.1) is 0 Å². The maximum absolute atomic E-state index is 7.00. The first-order chi connectivity index (χ1) is 18.5. The summed E-state index contributed by atoms with van der Waals surface area (Å²) in [5, 5.41) is 5.42. The van der Waals surface area contributed by atoms with Gasteiger partial charge < -0.3 is 8.85 Å². The maximum Gasteiger partial charge on any atom is 0.256 e. The molecule has 0 N–H and O–H groups in total. The lowest BCUT2D eigenvalue weighted by Gasteiger charge is -2.36. The second-order valence-corrected chi connectivity index (χ2v) is 17.7. The molecule has 4 aromatic carbocycles. The molecule has 0 bridgehead atoms. The van der Waals surface area contributed by atoms with Gasteiger partial charge in [-0.25, -0.2) is 0 Å². The van der Waals surface area contributed by atoms with Crippen LogP contribution in [0.5, 0.6) is 0 Å². The molecule has 4 aromatic rings. The Bertz CT molecular complexity index is 1030. The summed E-state index contributed by atoms with van der Waals surface area (Å²) >= 11 is 0. The largest absolute Gasteiger partial charge is 0.406 e. The Balaban J connectivity index is 1.67. The molecule has 0 aliphatic heterocycles. The topological polar surface area (TPSA) is 18.5 Å². The lowest BCUT2D eigenvalue weighted by atomic mass is 10.3. The SMILES string of the molecule is CC(C)O[Si](CCCC[Si](OC(C)C)(c1ccccc1)c1ccccc1)(c1ccccc1)c1ccccc1. The van der Waals surface area contributed by atoms with Gasteiger partial charge in [-0.3, -0.25) is 0 Å². The zero-order valence-corrected chi connectivity index (χ0v) is 25.3. The van der Waals surface area contributed by atoms with Crippen molar-refractivity contribution in [2.24, 2.45) is 0 Å². The molecule has 0 radical (unpaired) electrons. The third-order valence-corrected chi connectivity index (χ3v) is 16.1. The highest BCUT2D eigenvalue weighted by Crippen LogP contribution is 2.24. The lowest BCUT2D eigenvalue weighted by molar-refractivity contribution is 0.235. The van der Waals surface area contributed by atoms with Crippen molar-refractivity contribution in [3.05, 3.63) is 121 Å². The molecule has 2 nitrogen and oxygen atoms in total. The van der Waals surface area contributed by atoms with Crippen LogP contribution in [0.4, 0.5) is 0 Å². The van der Waals surface area contributed by atoms with Gasteiger partial charge in [0.15, 0.2) is 0 Å². The van der Waals surface area contributed by atoms with E-state index in [1.165, 1.54) is 20.7 Å². The molecule has 4 rings (SSSR count). The minimum Gasteiger partial charge on any atom is -0.406 e. The molecule has 198 valence electrons. The first kappa shape index (κ1) is 28.2. The van der Waals surface area contributed by atoms with Crippen LogP contribution in [-0.2, 0) is 8.85 Å². The fourth-order valence-corrected chi connectivity index (χ4v) is 14.3. The molecule has 0 amide bonds. The van der Waals surface area contributed by atoms with Gasteiger partial charge in [-0.2, -0.15) is 0 Å². The van der Waals surface area contributed by atoms with Crippen molar-refractivity contribution in [2.45, 2.75) is 64.8 Å². The highest BCUT2D eigenvalue weighted by Gasteiger charge is 2.42. The average molecular weight is 539 g/mol. The smallest absolute Gasteiger partial charge is 0.256 e. The first-order valence-corrected chi connectivity index (χ1v) is 18.3. The van der Waals surface area contributed by atoms with Crippen LogP contribution in [0.3, 0.4) is 0 Å². The second-order valence-electron chi connectivity index (χ2n) is 10.7. The molecule has 0 spiro atoms. The van der Waals surface area contributed by atoms with Crippen LogP contribution in [0.2, 0.25) is 12.1 Å². The van der Waals surface area contributed by atoms with Crippen molar-refractivity contribution >= 4 is 37.4 Å². The molecular formula is C34H42O2Si2. The Kier molecular flexibility index (Phi) is 9.92. The third-order valence-electron chi connectivity index (χ3n) is 7.14. The van der Waals surface area contributed by atoms with Gasteiger partial charge >= 0.3 is 0 Å². The van der Waals surface area contributed by atoms with E-state index in [9.17, 15) is 0 Å². The van der Waals surface area contributed by atoms with Crippen molar-refractivity contribution in [1.82, 2.24) is 0 Å². The number of hydrogen-bond donors (Lipinski definition) is 0. The molecule has 0 aromatic heterocycles. The molecule has 38 heavy (non-hydrogen) atoms. The molecule has 0 unspecified atom stereocenters.